The average Bonchev–Trinajstić information content (AvgIpc) is 2.77. The van der Waals surface area contributed by atoms with Crippen LogP contribution in [0.2, 0.25) is 0 Å². The van der Waals surface area contributed by atoms with Crippen molar-refractivity contribution in [2.75, 3.05) is 0 Å². The molecule has 3 heteroatoms. The smallest absolute Gasteiger partial charge is 0.0981 e. The Labute approximate surface area is 106 Å². The van der Waals surface area contributed by atoms with Crippen LogP contribution in [0.5, 0.6) is 0 Å². The van der Waals surface area contributed by atoms with Crippen LogP contribution in [0.1, 0.15) is 33.8 Å². The molecule has 2 nitrogen and oxygen atoms in total. The first-order chi connectivity index (χ1) is 8.31. The fourth-order valence-corrected chi connectivity index (χ4v) is 3.15. The van der Waals surface area contributed by atoms with Gasteiger partial charge in [0.05, 0.1) is 12.4 Å². The third-order valence-corrected chi connectivity index (χ3v) is 4.14. The van der Waals surface area contributed by atoms with Gasteiger partial charge in [-0.1, -0.05) is 32.2 Å². The van der Waals surface area contributed by atoms with Gasteiger partial charge >= 0.3 is 0 Å². The SMILES string of the molecule is C=Cc1sc(CC)c(C2C=CNC=N2)c1C=C. The standard InChI is InChI=1S/C14H16N2S/c1-4-10-12(5-2)17-13(6-3)14(10)11-7-8-15-9-16-11/h4-5,7-9,11H,1-2,6H2,3H3,(H,15,16). The van der Waals surface area contributed by atoms with Crippen molar-refractivity contribution >= 4 is 29.8 Å². The third kappa shape index (κ3) is 2.11. The lowest BCUT2D eigenvalue weighted by atomic mass is 9.99. The first-order valence-electron chi connectivity index (χ1n) is 5.66. The number of nitrogens with zero attached hydrogens (tertiary/aromatic N) is 1. The van der Waals surface area contributed by atoms with Crippen molar-refractivity contribution in [2.45, 2.75) is 19.4 Å². The molecule has 2 rings (SSSR count). The third-order valence-electron chi connectivity index (χ3n) is 2.78. The van der Waals surface area contributed by atoms with Gasteiger partial charge in [-0.05, 0) is 18.1 Å². The summed E-state index contributed by atoms with van der Waals surface area (Å²) in [4.78, 5) is 7.02. The summed E-state index contributed by atoms with van der Waals surface area (Å²) < 4.78 is 0. The molecular formula is C14H16N2S. The molecular weight excluding hydrogens is 228 g/mol. The van der Waals surface area contributed by atoms with E-state index >= 15 is 0 Å². The molecule has 0 aliphatic carbocycles. The van der Waals surface area contributed by atoms with Crippen LogP contribution in [0.15, 0.2) is 30.4 Å². The minimum atomic E-state index is 0.101. The second-order valence-corrected chi connectivity index (χ2v) is 4.86. The molecule has 2 heterocycles. The Morgan fingerprint density at radius 1 is 1.47 bits per heavy atom. The average molecular weight is 244 g/mol. The maximum atomic E-state index is 4.47. The van der Waals surface area contributed by atoms with E-state index in [1.54, 1.807) is 17.7 Å². The molecule has 1 N–H and O–H groups in total. The Morgan fingerprint density at radius 3 is 2.82 bits per heavy atom. The zero-order valence-electron chi connectivity index (χ0n) is 9.94. The number of thiophene rings is 1. The summed E-state index contributed by atoms with van der Waals surface area (Å²) in [6, 6.07) is 0.101. The molecule has 0 radical (unpaired) electrons. The maximum absolute atomic E-state index is 4.47. The normalized spacial score (nSPS) is 17.8. The van der Waals surface area contributed by atoms with Crippen molar-refractivity contribution in [3.63, 3.8) is 0 Å². The molecule has 1 atom stereocenters. The monoisotopic (exact) mass is 244 g/mol. The van der Waals surface area contributed by atoms with E-state index in [-0.39, 0.29) is 6.04 Å². The number of hydrogen-bond acceptors (Lipinski definition) is 3. The first kappa shape index (κ1) is 11.9. The molecule has 0 aromatic carbocycles. The number of aliphatic imine (C=N–C) groups is 1. The van der Waals surface area contributed by atoms with E-state index in [1.165, 1.54) is 20.9 Å². The quantitative estimate of drug-likeness (QED) is 0.856. The predicted octanol–water partition coefficient (Wildman–Crippen LogP) is 3.78. The number of nitrogens with one attached hydrogen (secondary N) is 1. The first-order valence-corrected chi connectivity index (χ1v) is 6.48. The molecule has 0 spiro atoms. The van der Waals surface area contributed by atoms with E-state index in [0.29, 0.717) is 0 Å². The van der Waals surface area contributed by atoms with Crippen LogP contribution < -0.4 is 5.32 Å². The number of rotatable bonds is 4. The Hall–Kier alpha value is -1.61. The van der Waals surface area contributed by atoms with Gasteiger partial charge in [-0.25, -0.2) is 0 Å². The summed E-state index contributed by atoms with van der Waals surface area (Å²) in [6.07, 6.45) is 10.6. The Morgan fingerprint density at radius 2 is 2.29 bits per heavy atom. The summed E-state index contributed by atoms with van der Waals surface area (Å²) in [5.41, 5.74) is 2.45. The zero-order chi connectivity index (χ0) is 12.3. The second kappa shape index (κ2) is 5.15. The van der Waals surface area contributed by atoms with Crippen molar-refractivity contribution in [1.29, 1.82) is 0 Å². The summed E-state index contributed by atoms with van der Waals surface area (Å²) >= 11 is 1.79. The summed E-state index contributed by atoms with van der Waals surface area (Å²) in [7, 11) is 0. The highest BCUT2D eigenvalue weighted by atomic mass is 32.1. The van der Waals surface area contributed by atoms with Crippen LogP contribution in [0.4, 0.5) is 0 Å². The molecule has 1 unspecified atom stereocenters. The van der Waals surface area contributed by atoms with Crippen LogP contribution in [0.3, 0.4) is 0 Å². The second-order valence-electron chi connectivity index (χ2n) is 3.73. The highest BCUT2D eigenvalue weighted by Crippen LogP contribution is 2.37. The van der Waals surface area contributed by atoms with Gasteiger partial charge < -0.3 is 5.32 Å². The van der Waals surface area contributed by atoms with Gasteiger partial charge in [0.1, 0.15) is 0 Å². The molecule has 0 bridgehead atoms. The summed E-state index contributed by atoms with van der Waals surface area (Å²) in [6.45, 7) is 9.95. The molecule has 0 amide bonds. The van der Waals surface area contributed by atoms with E-state index in [9.17, 15) is 0 Å². The lowest BCUT2D eigenvalue weighted by molar-refractivity contribution is 0.870. The Bertz CT molecular complexity index is 483. The summed E-state index contributed by atoms with van der Waals surface area (Å²) in [5.74, 6) is 0. The molecule has 1 aromatic rings. The van der Waals surface area contributed by atoms with Crippen LogP contribution in [-0.4, -0.2) is 6.34 Å². The highest BCUT2D eigenvalue weighted by Gasteiger charge is 2.20. The van der Waals surface area contributed by atoms with Gasteiger partial charge in [0.15, 0.2) is 0 Å². The molecule has 1 aromatic heterocycles. The van der Waals surface area contributed by atoms with Crippen LogP contribution >= 0.6 is 11.3 Å². The molecule has 0 saturated heterocycles. The number of aryl methyl sites for hydroxylation is 1. The fourth-order valence-electron chi connectivity index (χ4n) is 2.01. The van der Waals surface area contributed by atoms with Gasteiger partial charge in [0, 0.05) is 21.5 Å². The molecule has 1 aliphatic rings. The van der Waals surface area contributed by atoms with Crippen molar-refractivity contribution in [3.8, 4) is 0 Å². The predicted molar refractivity (Wildman–Crippen MR) is 77.4 cm³/mol. The fraction of sp³-hybridized carbons (Fsp3) is 0.214. The van der Waals surface area contributed by atoms with Crippen molar-refractivity contribution in [3.05, 3.63) is 46.3 Å². The lowest BCUT2D eigenvalue weighted by Gasteiger charge is -2.13. The highest BCUT2D eigenvalue weighted by molar-refractivity contribution is 7.13. The van der Waals surface area contributed by atoms with Gasteiger partial charge in [0.25, 0.3) is 0 Å². The van der Waals surface area contributed by atoms with Crippen molar-refractivity contribution < 1.29 is 0 Å². The zero-order valence-corrected chi connectivity index (χ0v) is 10.8. The van der Waals surface area contributed by atoms with Gasteiger partial charge in [-0.3, -0.25) is 4.99 Å². The minimum Gasteiger partial charge on any atom is -0.353 e. The molecule has 17 heavy (non-hydrogen) atoms. The Balaban J connectivity index is 2.56. The molecule has 88 valence electrons. The van der Waals surface area contributed by atoms with Gasteiger partial charge in [-0.2, -0.15) is 0 Å². The number of hydrogen-bond donors (Lipinski definition) is 1. The minimum absolute atomic E-state index is 0.101. The molecule has 1 aliphatic heterocycles. The lowest BCUT2D eigenvalue weighted by Crippen LogP contribution is -2.09. The molecule has 0 fully saturated rings. The van der Waals surface area contributed by atoms with Crippen LogP contribution in [0, 0.1) is 0 Å². The van der Waals surface area contributed by atoms with Crippen LogP contribution in [0.25, 0.3) is 12.2 Å². The maximum Gasteiger partial charge on any atom is 0.0981 e. The van der Waals surface area contributed by atoms with Gasteiger partial charge in [-0.15, -0.1) is 11.3 Å². The van der Waals surface area contributed by atoms with E-state index < -0.39 is 0 Å². The Kier molecular flexibility index (Phi) is 3.59. The van der Waals surface area contributed by atoms with E-state index in [0.717, 1.165) is 6.42 Å². The van der Waals surface area contributed by atoms with Gasteiger partial charge in [0.2, 0.25) is 0 Å². The van der Waals surface area contributed by atoms with Crippen molar-refractivity contribution in [1.82, 2.24) is 5.32 Å². The summed E-state index contributed by atoms with van der Waals surface area (Å²) in [5, 5.41) is 2.97. The topological polar surface area (TPSA) is 24.4 Å². The largest absolute Gasteiger partial charge is 0.353 e. The molecule has 0 saturated carbocycles. The van der Waals surface area contributed by atoms with E-state index in [2.05, 4.69) is 36.5 Å². The van der Waals surface area contributed by atoms with Crippen LogP contribution in [-0.2, 0) is 6.42 Å². The van der Waals surface area contributed by atoms with E-state index in [1.807, 2.05) is 18.4 Å². The van der Waals surface area contributed by atoms with Crippen molar-refractivity contribution in [2.24, 2.45) is 4.99 Å². The van der Waals surface area contributed by atoms with E-state index in [4.69, 9.17) is 0 Å².